The highest BCUT2D eigenvalue weighted by Crippen LogP contribution is 2.10. The maximum atomic E-state index is 11.1. The molecule has 1 aromatic rings. The fraction of sp³-hybridized carbons (Fsp3) is 0.250. The average Bonchev–Trinajstić information content (AvgIpc) is 2.11. The Morgan fingerprint density at radius 2 is 2.38 bits per heavy atom. The zero-order valence-corrected chi connectivity index (χ0v) is 7.72. The quantitative estimate of drug-likeness (QED) is 0.719. The summed E-state index contributed by atoms with van der Waals surface area (Å²) < 4.78 is 4.41. The third-order valence-corrected chi connectivity index (χ3v) is 1.91. The van der Waals surface area contributed by atoms with E-state index in [1.165, 1.54) is 19.4 Å². The van der Waals surface area contributed by atoms with Crippen molar-refractivity contribution in [3.05, 3.63) is 33.2 Å². The lowest BCUT2D eigenvalue weighted by Gasteiger charge is -2.00. The lowest BCUT2D eigenvalue weighted by atomic mass is 10.2. The molecular formula is C8H8ClNO3. The van der Waals surface area contributed by atoms with Gasteiger partial charge in [0.05, 0.1) is 18.6 Å². The molecule has 0 aliphatic rings. The summed E-state index contributed by atoms with van der Waals surface area (Å²) in [6.45, 7) is 0. The van der Waals surface area contributed by atoms with Crippen LogP contribution in [0.1, 0.15) is 5.56 Å². The Hall–Kier alpha value is -1.29. The molecule has 0 saturated heterocycles. The molecule has 1 heterocycles. The molecule has 1 aromatic heterocycles. The van der Waals surface area contributed by atoms with Gasteiger partial charge in [0, 0.05) is 11.8 Å². The molecule has 0 spiro atoms. The SMILES string of the molecule is COC(=O)Cc1c(Cl)cc[nH]c1=O. The number of halogens is 1. The second-order valence-electron chi connectivity index (χ2n) is 2.39. The largest absolute Gasteiger partial charge is 0.469 e. The number of esters is 1. The van der Waals surface area contributed by atoms with Gasteiger partial charge in [0.25, 0.3) is 5.56 Å². The third kappa shape index (κ3) is 2.32. The fourth-order valence-electron chi connectivity index (χ4n) is 0.868. The maximum absolute atomic E-state index is 11.1. The van der Waals surface area contributed by atoms with Gasteiger partial charge in [0.1, 0.15) is 0 Å². The molecular weight excluding hydrogens is 194 g/mol. The van der Waals surface area contributed by atoms with Gasteiger partial charge in [0.15, 0.2) is 0 Å². The van der Waals surface area contributed by atoms with Crippen LogP contribution >= 0.6 is 11.6 Å². The van der Waals surface area contributed by atoms with Crippen LogP contribution < -0.4 is 5.56 Å². The van der Waals surface area contributed by atoms with E-state index in [9.17, 15) is 9.59 Å². The van der Waals surface area contributed by atoms with E-state index in [1.54, 1.807) is 0 Å². The Morgan fingerprint density at radius 1 is 1.69 bits per heavy atom. The van der Waals surface area contributed by atoms with Crippen molar-refractivity contribution < 1.29 is 9.53 Å². The van der Waals surface area contributed by atoms with Crippen molar-refractivity contribution in [2.75, 3.05) is 7.11 Å². The zero-order valence-electron chi connectivity index (χ0n) is 6.96. The Balaban J connectivity index is 3.00. The van der Waals surface area contributed by atoms with Crippen molar-refractivity contribution in [2.45, 2.75) is 6.42 Å². The van der Waals surface area contributed by atoms with Crippen LogP contribution in [0.2, 0.25) is 5.02 Å². The lowest BCUT2D eigenvalue weighted by molar-refractivity contribution is -0.139. The van der Waals surface area contributed by atoms with E-state index in [2.05, 4.69) is 9.72 Å². The highest BCUT2D eigenvalue weighted by molar-refractivity contribution is 6.31. The standard InChI is InChI=1S/C8H8ClNO3/c1-13-7(11)4-5-6(9)2-3-10-8(5)12/h2-3H,4H2,1H3,(H,10,12). The van der Waals surface area contributed by atoms with Gasteiger partial charge in [-0.1, -0.05) is 11.6 Å². The Morgan fingerprint density at radius 3 is 2.92 bits per heavy atom. The molecule has 13 heavy (non-hydrogen) atoms. The second kappa shape index (κ2) is 4.09. The molecule has 0 aliphatic carbocycles. The van der Waals surface area contributed by atoms with Gasteiger partial charge in [-0.2, -0.15) is 0 Å². The van der Waals surface area contributed by atoms with Gasteiger partial charge >= 0.3 is 5.97 Å². The van der Waals surface area contributed by atoms with Gasteiger partial charge in [0.2, 0.25) is 0 Å². The molecule has 0 aromatic carbocycles. The smallest absolute Gasteiger partial charge is 0.310 e. The minimum absolute atomic E-state index is 0.106. The fourth-order valence-corrected chi connectivity index (χ4v) is 1.08. The van der Waals surface area contributed by atoms with Crippen molar-refractivity contribution in [2.24, 2.45) is 0 Å². The molecule has 0 amide bonds. The van der Waals surface area contributed by atoms with Gasteiger partial charge in [-0.15, -0.1) is 0 Å². The number of H-pyrrole nitrogens is 1. The number of carbonyl (C=O) groups is 1. The first-order valence-electron chi connectivity index (χ1n) is 3.58. The summed E-state index contributed by atoms with van der Waals surface area (Å²) in [5.41, 5.74) is -0.131. The predicted molar refractivity (Wildman–Crippen MR) is 47.8 cm³/mol. The van der Waals surface area contributed by atoms with Crippen LogP contribution in [0.15, 0.2) is 17.1 Å². The van der Waals surface area contributed by atoms with Crippen molar-refractivity contribution in [3.63, 3.8) is 0 Å². The Labute approximate surface area is 79.5 Å². The highest BCUT2D eigenvalue weighted by Gasteiger charge is 2.10. The first kappa shape index (κ1) is 9.80. The van der Waals surface area contributed by atoms with Crippen molar-refractivity contribution in [1.82, 2.24) is 4.98 Å². The predicted octanol–water partition coefficient (Wildman–Crippen LogP) is 0.744. The van der Waals surface area contributed by atoms with Gasteiger partial charge in [-0.25, -0.2) is 0 Å². The third-order valence-electron chi connectivity index (χ3n) is 1.56. The number of pyridine rings is 1. The number of aromatic nitrogens is 1. The summed E-state index contributed by atoms with van der Waals surface area (Å²) in [6.07, 6.45) is 1.32. The molecule has 1 N–H and O–H groups in total. The van der Waals surface area contributed by atoms with Gasteiger partial charge in [-0.3, -0.25) is 9.59 Å². The van der Waals surface area contributed by atoms with Crippen LogP contribution in [0, 0.1) is 0 Å². The molecule has 0 radical (unpaired) electrons. The Kier molecular flexibility index (Phi) is 3.08. The summed E-state index contributed by atoms with van der Waals surface area (Å²) in [4.78, 5) is 24.4. The van der Waals surface area contributed by atoms with Crippen molar-refractivity contribution in [3.8, 4) is 0 Å². The molecule has 0 atom stereocenters. The maximum Gasteiger partial charge on any atom is 0.310 e. The van der Waals surface area contributed by atoms with Crippen LogP contribution in [0.25, 0.3) is 0 Å². The van der Waals surface area contributed by atoms with E-state index in [0.29, 0.717) is 0 Å². The lowest BCUT2D eigenvalue weighted by Crippen LogP contribution is -2.17. The van der Waals surface area contributed by atoms with E-state index in [1.807, 2.05) is 0 Å². The number of hydrogen-bond donors (Lipinski definition) is 1. The monoisotopic (exact) mass is 201 g/mol. The van der Waals surface area contributed by atoms with Crippen LogP contribution in [-0.4, -0.2) is 18.1 Å². The van der Waals surface area contributed by atoms with Crippen LogP contribution in [0.5, 0.6) is 0 Å². The zero-order chi connectivity index (χ0) is 9.84. The summed E-state index contributed by atoms with van der Waals surface area (Å²) in [5.74, 6) is -0.487. The molecule has 0 bridgehead atoms. The van der Waals surface area contributed by atoms with Gasteiger partial charge in [-0.05, 0) is 6.07 Å². The van der Waals surface area contributed by atoms with Crippen molar-refractivity contribution >= 4 is 17.6 Å². The number of aromatic amines is 1. The average molecular weight is 202 g/mol. The normalized spacial score (nSPS) is 9.69. The molecule has 70 valence electrons. The summed E-state index contributed by atoms with van der Waals surface area (Å²) >= 11 is 5.70. The molecule has 0 saturated carbocycles. The van der Waals surface area contributed by atoms with E-state index in [4.69, 9.17) is 11.6 Å². The van der Waals surface area contributed by atoms with Crippen LogP contribution in [0.4, 0.5) is 0 Å². The minimum atomic E-state index is -0.487. The summed E-state index contributed by atoms with van der Waals surface area (Å²) in [6, 6.07) is 1.52. The van der Waals surface area contributed by atoms with E-state index < -0.39 is 5.97 Å². The van der Waals surface area contributed by atoms with Crippen molar-refractivity contribution in [1.29, 1.82) is 0 Å². The van der Waals surface area contributed by atoms with Crippen LogP contribution in [0.3, 0.4) is 0 Å². The second-order valence-corrected chi connectivity index (χ2v) is 2.79. The Bertz CT molecular complexity index is 372. The summed E-state index contributed by atoms with van der Waals surface area (Å²) in [5, 5.41) is 0.272. The molecule has 0 aliphatic heterocycles. The molecule has 4 nitrogen and oxygen atoms in total. The number of carbonyl (C=O) groups excluding carboxylic acids is 1. The van der Waals surface area contributed by atoms with Gasteiger partial charge < -0.3 is 9.72 Å². The molecule has 0 unspecified atom stereocenters. The van der Waals surface area contributed by atoms with E-state index >= 15 is 0 Å². The molecule has 5 heteroatoms. The minimum Gasteiger partial charge on any atom is -0.469 e. The highest BCUT2D eigenvalue weighted by atomic mass is 35.5. The van der Waals surface area contributed by atoms with E-state index in [0.717, 1.165) is 0 Å². The molecule has 0 fully saturated rings. The van der Waals surface area contributed by atoms with Crippen LogP contribution in [-0.2, 0) is 16.0 Å². The number of nitrogens with one attached hydrogen (secondary N) is 1. The topological polar surface area (TPSA) is 59.2 Å². The van der Waals surface area contributed by atoms with E-state index in [-0.39, 0.29) is 22.6 Å². The number of rotatable bonds is 2. The number of methoxy groups -OCH3 is 1. The first-order valence-corrected chi connectivity index (χ1v) is 3.96. The number of ether oxygens (including phenoxy) is 1. The first-order chi connectivity index (χ1) is 6.15. The molecule has 1 rings (SSSR count). The number of hydrogen-bond acceptors (Lipinski definition) is 3. The summed E-state index contributed by atoms with van der Waals surface area (Å²) in [7, 11) is 1.26.